The van der Waals surface area contributed by atoms with Gasteiger partial charge in [0.2, 0.25) is 5.91 Å². The molecule has 1 aromatic heterocycles. The molecule has 0 bridgehead atoms. The molecule has 2 amide bonds. The molecule has 2 aliphatic rings. The van der Waals surface area contributed by atoms with E-state index in [4.69, 9.17) is 14.5 Å². The Labute approximate surface area is 224 Å². The number of thioether (sulfide) groups is 1. The number of imidazole rings is 1. The number of fused-ring (bicyclic) bond motifs is 1. The lowest BCUT2D eigenvalue weighted by Crippen LogP contribution is -2.25. The molecule has 3 heterocycles. The van der Waals surface area contributed by atoms with E-state index >= 15 is 0 Å². The Bertz CT molecular complexity index is 1480. The molecule has 2 aliphatic heterocycles. The average molecular weight is 529 g/mol. The van der Waals surface area contributed by atoms with Crippen LogP contribution < -0.4 is 19.7 Å². The molecule has 38 heavy (non-hydrogen) atoms. The minimum Gasteiger partial charge on any atom is -0.486 e. The lowest BCUT2D eigenvalue weighted by atomic mass is 10.1. The quantitative estimate of drug-likeness (QED) is 0.326. The number of carbonyl (C=O) groups excluding carboxylic acids is 2. The van der Waals surface area contributed by atoms with Crippen LogP contribution in [0, 0.1) is 0 Å². The van der Waals surface area contributed by atoms with E-state index in [9.17, 15) is 9.59 Å². The van der Waals surface area contributed by atoms with Crippen LogP contribution in [0.15, 0.2) is 66.7 Å². The van der Waals surface area contributed by atoms with Crippen LogP contribution in [-0.4, -0.2) is 39.0 Å². The maximum atomic E-state index is 11.8. The summed E-state index contributed by atoms with van der Waals surface area (Å²) in [5.74, 6) is 2.84. The zero-order valence-electron chi connectivity index (χ0n) is 21.1. The second kappa shape index (κ2) is 10.4. The van der Waals surface area contributed by atoms with Gasteiger partial charge >= 0.3 is 0 Å². The molecule has 0 spiro atoms. The highest BCUT2D eigenvalue weighted by atomic mass is 32.2. The molecule has 1 atom stereocenters. The van der Waals surface area contributed by atoms with Gasteiger partial charge in [-0.15, -0.1) is 0 Å². The van der Waals surface area contributed by atoms with Crippen molar-refractivity contribution in [2.75, 3.05) is 18.0 Å². The molecule has 0 radical (unpaired) electrons. The minimum atomic E-state index is -0.377. The Kier molecular flexibility index (Phi) is 6.68. The van der Waals surface area contributed by atoms with Crippen molar-refractivity contribution >= 4 is 39.6 Å². The van der Waals surface area contributed by atoms with Gasteiger partial charge in [0, 0.05) is 31.9 Å². The van der Waals surface area contributed by atoms with Gasteiger partial charge < -0.3 is 18.9 Å². The maximum Gasteiger partial charge on any atom is 0.286 e. The number of nitrogens with one attached hydrogen (secondary N) is 1. The van der Waals surface area contributed by atoms with Crippen LogP contribution in [0.1, 0.15) is 24.2 Å². The van der Waals surface area contributed by atoms with E-state index < -0.39 is 0 Å². The Balaban J connectivity index is 1.09. The predicted molar refractivity (Wildman–Crippen MR) is 148 cm³/mol. The molecule has 3 aromatic carbocycles. The fraction of sp³-hybridized carbons (Fsp3) is 0.276. The summed E-state index contributed by atoms with van der Waals surface area (Å²) in [6.45, 7) is 2.56. The lowest BCUT2D eigenvalue weighted by molar-refractivity contribution is -0.118. The molecule has 194 valence electrons. The van der Waals surface area contributed by atoms with Crippen molar-refractivity contribution < 1.29 is 19.1 Å². The second-order valence-corrected chi connectivity index (χ2v) is 10.7. The van der Waals surface area contributed by atoms with Crippen molar-refractivity contribution in [2.24, 2.45) is 7.05 Å². The van der Waals surface area contributed by atoms with Crippen molar-refractivity contribution in [1.29, 1.82) is 0 Å². The van der Waals surface area contributed by atoms with E-state index in [1.165, 1.54) is 18.5 Å². The van der Waals surface area contributed by atoms with E-state index in [2.05, 4.69) is 22.3 Å². The number of aromatic nitrogens is 2. The highest BCUT2D eigenvalue weighted by Gasteiger charge is 2.31. The zero-order chi connectivity index (χ0) is 26.1. The summed E-state index contributed by atoms with van der Waals surface area (Å²) >= 11 is 1.04. The molecule has 2 fully saturated rings. The van der Waals surface area contributed by atoms with Crippen LogP contribution in [0.3, 0.4) is 0 Å². The normalized spacial score (nSPS) is 17.3. The number of rotatable bonds is 8. The van der Waals surface area contributed by atoms with Crippen molar-refractivity contribution in [3.63, 3.8) is 0 Å². The topological polar surface area (TPSA) is 85.7 Å². The largest absolute Gasteiger partial charge is 0.486 e. The number of ether oxygens (including phenoxy) is 2. The van der Waals surface area contributed by atoms with Gasteiger partial charge in [-0.25, -0.2) is 4.98 Å². The summed E-state index contributed by atoms with van der Waals surface area (Å²) in [6, 6.07) is 21.8. The smallest absolute Gasteiger partial charge is 0.286 e. The van der Waals surface area contributed by atoms with E-state index in [-0.39, 0.29) is 16.4 Å². The average Bonchev–Trinajstić information content (AvgIpc) is 3.64. The third-order valence-corrected chi connectivity index (χ3v) is 7.95. The SMILES string of the molecule is Cn1c(COc2ccc(CC3SC(=O)NC3=O)cc2)nc2ccc(Oc3ccc(N4CCCC4)cc3)cc21. The fourth-order valence-electron chi connectivity index (χ4n) is 4.86. The number of anilines is 1. The fourth-order valence-corrected chi connectivity index (χ4v) is 5.72. The summed E-state index contributed by atoms with van der Waals surface area (Å²) in [5, 5.41) is 1.66. The van der Waals surface area contributed by atoms with E-state index in [1.807, 2.05) is 66.2 Å². The summed E-state index contributed by atoms with van der Waals surface area (Å²) < 4.78 is 14.1. The number of nitrogens with zero attached hydrogens (tertiary/aromatic N) is 3. The van der Waals surface area contributed by atoms with Gasteiger partial charge in [0.25, 0.3) is 5.24 Å². The van der Waals surface area contributed by atoms with Gasteiger partial charge in [-0.05, 0) is 73.4 Å². The molecule has 1 N–H and O–H groups in total. The van der Waals surface area contributed by atoms with E-state index in [0.29, 0.717) is 18.8 Å². The monoisotopic (exact) mass is 528 g/mol. The molecule has 4 aromatic rings. The van der Waals surface area contributed by atoms with Gasteiger partial charge in [0.05, 0.1) is 16.3 Å². The first-order chi connectivity index (χ1) is 18.5. The molecular weight excluding hydrogens is 500 g/mol. The van der Waals surface area contributed by atoms with E-state index in [0.717, 1.165) is 58.8 Å². The van der Waals surface area contributed by atoms with Gasteiger partial charge in [-0.3, -0.25) is 14.9 Å². The van der Waals surface area contributed by atoms with Crippen molar-refractivity contribution in [1.82, 2.24) is 14.9 Å². The molecular formula is C29H28N4O4S. The molecule has 6 rings (SSSR count). The lowest BCUT2D eigenvalue weighted by Gasteiger charge is -2.17. The molecule has 1 unspecified atom stereocenters. The number of benzene rings is 3. The maximum absolute atomic E-state index is 11.8. The standard InChI is InChI=1S/C29H28N4O4S/c1-32-25-17-23(37-22-10-6-20(7-11-22)33-14-2-3-15-33)12-13-24(25)30-27(32)18-36-21-8-4-19(5-9-21)16-26-28(34)31-29(35)38-26/h4-13,17,26H,2-3,14-16,18H2,1H3,(H,31,34,35). The zero-order valence-corrected chi connectivity index (χ0v) is 21.9. The highest BCUT2D eigenvalue weighted by molar-refractivity contribution is 8.15. The molecule has 0 saturated carbocycles. The third-order valence-electron chi connectivity index (χ3n) is 6.97. The van der Waals surface area contributed by atoms with Gasteiger partial charge in [0.15, 0.2) is 0 Å². The van der Waals surface area contributed by atoms with Crippen LogP contribution in [0.25, 0.3) is 11.0 Å². The number of amides is 2. The Hall–Kier alpha value is -3.98. The predicted octanol–water partition coefficient (Wildman–Crippen LogP) is 5.44. The van der Waals surface area contributed by atoms with E-state index in [1.54, 1.807) is 0 Å². The number of hydrogen-bond donors (Lipinski definition) is 1. The second-order valence-electron chi connectivity index (χ2n) is 9.55. The molecule has 2 saturated heterocycles. The number of hydrogen-bond acceptors (Lipinski definition) is 7. The third kappa shape index (κ3) is 5.19. The van der Waals surface area contributed by atoms with Crippen molar-refractivity contribution in [3.05, 3.63) is 78.1 Å². The Morgan fingerprint density at radius 2 is 1.66 bits per heavy atom. The first-order valence-electron chi connectivity index (χ1n) is 12.7. The van der Waals surface area contributed by atoms with Crippen LogP contribution in [0.5, 0.6) is 17.2 Å². The summed E-state index contributed by atoms with van der Waals surface area (Å²) in [5.41, 5.74) is 4.06. The molecule has 8 nitrogen and oxygen atoms in total. The van der Waals surface area contributed by atoms with Crippen LogP contribution in [-0.2, 0) is 24.9 Å². The van der Waals surface area contributed by atoms with Crippen LogP contribution >= 0.6 is 11.8 Å². The van der Waals surface area contributed by atoms with Gasteiger partial charge in [-0.2, -0.15) is 0 Å². The van der Waals surface area contributed by atoms with Crippen LogP contribution in [0.4, 0.5) is 10.5 Å². The van der Waals surface area contributed by atoms with Crippen LogP contribution in [0.2, 0.25) is 0 Å². The summed E-state index contributed by atoms with van der Waals surface area (Å²) in [7, 11) is 1.97. The first-order valence-corrected chi connectivity index (χ1v) is 13.6. The number of imide groups is 1. The van der Waals surface area contributed by atoms with Gasteiger partial charge in [-0.1, -0.05) is 23.9 Å². The Morgan fingerprint density at radius 3 is 2.37 bits per heavy atom. The highest BCUT2D eigenvalue weighted by Crippen LogP contribution is 2.29. The minimum absolute atomic E-state index is 0.230. The molecule has 0 aliphatic carbocycles. The number of aryl methyl sites for hydroxylation is 1. The van der Waals surface area contributed by atoms with Gasteiger partial charge in [0.1, 0.15) is 29.7 Å². The summed E-state index contributed by atoms with van der Waals surface area (Å²) in [6.07, 6.45) is 3.01. The summed E-state index contributed by atoms with van der Waals surface area (Å²) in [4.78, 5) is 30.3. The Morgan fingerprint density at radius 1 is 0.947 bits per heavy atom. The van der Waals surface area contributed by atoms with Crippen molar-refractivity contribution in [3.8, 4) is 17.2 Å². The van der Waals surface area contributed by atoms with Crippen molar-refractivity contribution in [2.45, 2.75) is 31.1 Å². The molecule has 9 heteroatoms. The first kappa shape index (κ1) is 24.4. The number of carbonyl (C=O) groups is 2.